The summed E-state index contributed by atoms with van der Waals surface area (Å²) < 4.78 is 6.79. The Morgan fingerprint density at radius 3 is 2.75 bits per heavy atom. The quantitative estimate of drug-likeness (QED) is 0.583. The van der Waals surface area contributed by atoms with Crippen molar-refractivity contribution in [2.45, 2.75) is 6.61 Å². The standard InChI is InChI=1S/C18H14IN3O2/c19-18-16-12-15(23-13-14-6-2-1-3-7-14)8-9-17(16)22(20-18)21-10-4-5-11-24-21/h1-12H,13H2. The molecule has 2 aromatic carbocycles. The van der Waals surface area contributed by atoms with Crippen LogP contribution >= 0.6 is 22.6 Å². The second-order valence-electron chi connectivity index (χ2n) is 5.21. The maximum Gasteiger partial charge on any atom is 0.133 e. The van der Waals surface area contributed by atoms with Gasteiger partial charge in [0, 0.05) is 5.39 Å². The fourth-order valence-corrected chi connectivity index (χ4v) is 3.07. The van der Waals surface area contributed by atoms with Gasteiger partial charge < -0.3 is 9.57 Å². The van der Waals surface area contributed by atoms with Crippen LogP contribution in [-0.2, 0) is 11.4 Å². The normalized spacial score (nSPS) is 13.3. The number of allylic oxidation sites excluding steroid dienone is 2. The van der Waals surface area contributed by atoms with E-state index in [0.717, 1.165) is 25.9 Å². The SMILES string of the molecule is Ic1nn(N2C=CC=CO2)c2ccc(OCc3ccccc3)cc12. The Kier molecular flexibility index (Phi) is 4.12. The molecule has 0 amide bonds. The van der Waals surface area contributed by atoms with Crippen LogP contribution in [0.1, 0.15) is 5.56 Å². The molecule has 0 bridgehead atoms. The van der Waals surface area contributed by atoms with Crippen LogP contribution in [0.2, 0.25) is 0 Å². The van der Waals surface area contributed by atoms with Gasteiger partial charge in [0.05, 0.1) is 11.7 Å². The van der Waals surface area contributed by atoms with E-state index in [9.17, 15) is 0 Å². The number of benzene rings is 2. The van der Waals surface area contributed by atoms with Crippen LogP contribution in [-0.4, -0.2) is 9.89 Å². The molecular formula is C18H14IN3O2. The van der Waals surface area contributed by atoms with Gasteiger partial charge in [-0.1, -0.05) is 30.3 Å². The van der Waals surface area contributed by atoms with E-state index in [1.54, 1.807) is 16.2 Å². The summed E-state index contributed by atoms with van der Waals surface area (Å²) in [5.41, 5.74) is 2.09. The van der Waals surface area contributed by atoms with E-state index in [1.165, 1.54) is 0 Å². The summed E-state index contributed by atoms with van der Waals surface area (Å²) in [5, 5.41) is 7.14. The Bertz CT molecular complexity index is 919. The summed E-state index contributed by atoms with van der Waals surface area (Å²) in [5.74, 6) is 0.818. The summed E-state index contributed by atoms with van der Waals surface area (Å²) in [6.07, 6.45) is 7.13. The molecule has 2 heterocycles. The number of halogens is 1. The molecule has 0 aliphatic carbocycles. The van der Waals surface area contributed by atoms with Gasteiger partial charge in [0.15, 0.2) is 0 Å². The topological polar surface area (TPSA) is 39.5 Å². The number of nitrogens with zero attached hydrogens (tertiary/aromatic N) is 3. The molecular weight excluding hydrogens is 417 g/mol. The van der Waals surface area contributed by atoms with E-state index in [1.807, 2.05) is 66.9 Å². The second kappa shape index (κ2) is 6.56. The molecule has 0 radical (unpaired) electrons. The van der Waals surface area contributed by atoms with Crippen LogP contribution in [0.5, 0.6) is 5.75 Å². The molecule has 6 heteroatoms. The number of hydroxylamine groups is 1. The molecule has 0 atom stereocenters. The molecule has 4 rings (SSSR count). The lowest BCUT2D eigenvalue weighted by molar-refractivity contribution is 0.167. The maximum absolute atomic E-state index is 5.90. The van der Waals surface area contributed by atoms with Crippen LogP contribution in [0.15, 0.2) is 73.1 Å². The van der Waals surface area contributed by atoms with Crippen molar-refractivity contribution in [1.82, 2.24) is 9.89 Å². The molecule has 0 saturated carbocycles. The number of hydrogen-bond acceptors (Lipinski definition) is 4. The van der Waals surface area contributed by atoms with Gasteiger partial charge in [0.25, 0.3) is 0 Å². The lowest BCUT2D eigenvalue weighted by Crippen LogP contribution is -2.29. The van der Waals surface area contributed by atoms with E-state index in [0.29, 0.717) is 6.61 Å². The van der Waals surface area contributed by atoms with Crippen LogP contribution in [0.3, 0.4) is 0 Å². The number of fused-ring (bicyclic) bond motifs is 1. The minimum atomic E-state index is 0.541. The molecule has 3 aromatic rings. The first-order valence-electron chi connectivity index (χ1n) is 7.46. The van der Waals surface area contributed by atoms with Crippen molar-refractivity contribution >= 4 is 33.5 Å². The minimum absolute atomic E-state index is 0.541. The van der Waals surface area contributed by atoms with Gasteiger partial charge in [-0.2, -0.15) is 0 Å². The van der Waals surface area contributed by atoms with Crippen molar-refractivity contribution < 1.29 is 9.57 Å². The average molecular weight is 431 g/mol. The molecule has 1 aliphatic heterocycles. The molecule has 1 aromatic heterocycles. The molecule has 0 saturated heterocycles. The van der Waals surface area contributed by atoms with Crippen molar-refractivity contribution in [3.05, 3.63) is 82.4 Å². The summed E-state index contributed by atoms with van der Waals surface area (Å²) in [6.45, 7) is 0.541. The third-order valence-electron chi connectivity index (χ3n) is 3.60. The zero-order valence-electron chi connectivity index (χ0n) is 12.7. The predicted molar refractivity (Wildman–Crippen MR) is 101 cm³/mol. The number of rotatable bonds is 4. The Balaban J connectivity index is 1.60. The Hall–Kier alpha value is -2.48. The Morgan fingerprint density at radius 1 is 1.08 bits per heavy atom. The Labute approximate surface area is 152 Å². The van der Waals surface area contributed by atoms with Crippen molar-refractivity contribution in [1.29, 1.82) is 0 Å². The Morgan fingerprint density at radius 2 is 1.96 bits per heavy atom. The highest BCUT2D eigenvalue weighted by atomic mass is 127. The van der Waals surface area contributed by atoms with Gasteiger partial charge in [0.1, 0.15) is 22.3 Å². The highest BCUT2D eigenvalue weighted by molar-refractivity contribution is 14.1. The monoisotopic (exact) mass is 431 g/mol. The van der Waals surface area contributed by atoms with E-state index in [4.69, 9.17) is 9.57 Å². The van der Waals surface area contributed by atoms with E-state index in [-0.39, 0.29) is 0 Å². The highest BCUT2D eigenvalue weighted by Gasteiger charge is 2.14. The second-order valence-corrected chi connectivity index (χ2v) is 6.23. The van der Waals surface area contributed by atoms with Gasteiger partial charge in [-0.05, 0) is 58.5 Å². The molecule has 0 spiro atoms. The molecule has 120 valence electrons. The summed E-state index contributed by atoms with van der Waals surface area (Å²) in [4.78, 5) is 7.17. The van der Waals surface area contributed by atoms with E-state index in [2.05, 4.69) is 27.7 Å². The van der Waals surface area contributed by atoms with Gasteiger partial charge in [-0.25, -0.2) is 0 Å². The maximum atomic E-state index is 5.90. The van der Waals surface area contributed by atoms with E-state index >= 15 is 0 Å². The molecule has 5 nitrogen and oxygen atoms in total. The summed E-state index contributed by atoms with van der Waals surface area (Å²) >= 11 is 2.22. The number of hydrogen-bond donors (Lipinski definition) is 0. The van der Waals surface area contributed by atoms with Crippen LogP contribution in [0, 0.1) is 3.70 Å². The molecule has 1 aliphatic rings. The van der Waals surface area contributed by atoms with Crippen molar-refractivity contribution in [3.63, 3.8) is 0 Å². The minimum Gasteiger partial charge on any atom is -0.489 e. The molecule has 0 N–H and O–H groups in total. The fraction of sp³-hybridized carbons (Fsp3) is 0.0556. The fourth-order valence-electron chi connectivity index (χ4n) is 2.44. The number of ether oxygens (including phenoxy) is 1. The number of aromatic nitrogens is 2. The van der Waals surface area contributed by atoms with Crippen LogP contribution in [0.25, 0.3) is 10.9 Å². The molecule has 0 fully saturated rings. The van der Waals surface area contributed by atoms with Crippen molar-refractivity contribution in [2.75, 3.05) is 5.17 Å². The summed E-state index contributed by atoms with van der Waals surface area (Å²) in [6, 6.07) is 16.1. The first-order valence-corrected chi connectivity index (χ1v) is 8.54. The summed E-state index contributed by atoms with van der Waals surface area (Å²) in [7, 11) is 0. The third kappa shape index (κ3) is 2.96. The lowest BCUT2D eigenvalue weighted by atomic mass is 10.2. The van der Waals surface area contributed by atoms with E-state index < -0.39 is 0 Å². The van der Waals surface area contributed by atoms with Gasteiger partial charge in [-0.3, -0.25) is 0 Å². The molecule has 0 unspecified atom stereocenters. The first-order chi connectivity index (χ1) is 11.8. The molecule has 24 heavy (non-hydrogen) atoms. The van der Waals surface area contributed by atoms with Crippen LogP contribution in [0.4, 0.5) is 0 Å². The third-order valence-corrected chi connectivity index (χ3v) is 4.39. The van der Waals surface area contributed by atoms with Crippen LogP contribution < -0.4 is 9.91 Å². The zero-order chi connectivity index (χ0) is 16.4. The van der Waals surface area contributed by atoms with Gasteiger partial charge in [0.2, 0.25) is 0 Å². The largest absolute Gasteiger partial charge is 0.489 e. The lowest BCUT2D eigenvalue weighted by Gasteiger charge is -2.20. The van der Waals surface area contributed by atoms with Crippen molar-refractivity contribution in [3.8, 4) is 5.75 Å². The first kappa shape index (κ1) is 15.1. The van der Waals surface area contributed by atoms with Crippen molar-refractivity contribution in [2.24, 2.45) is 0 Å². The predicted octanol–water partition coefficient (Wildman–Crippen LogP) is 4.13. The zero-order valence-corrected chi connectivity index (χ0v) is 14.8. The highest BCUT2D eigenvalue weighted by Crippen LogP contribution is 2.26. The van der Waals surface area contributed by atoms with Gasteiger partial charge in [-0.15, -0.1) is 15.1 Å². The average Bonchev–Trinajstić information content (AvgIpc) is 2.98. The van der Waals surface area contributed by atoms with Gasteiger partial charge >= 0.3 is 0 Å². The smallest absolute Gasteiger partial charge is 0.133 e.